The van der Waals surface area contributed by atoms with Crippen molar-refractivity contribution in [3.8, 4) is 0 Å². The summed E-state index contributed by atoms with van der Waals surface area (Å²) in [5.74, 6) is 0. The molecule has 0 heterocycles. The van der Waals surface area contributed by atoms with Gasteiger partial charge in [0.05, 0.1) is 16.8 Å². The van der Waals surface area contributed by atoms with Crippen LogP contribution < -0.4 is 5.32 Å². The zero-order valence-corrected chi connectivity index (χ0v) is 14.1. The second kappa shape index (κ2) is 6.13. The van der Waals surface area contributed by atoms with E-state index in [-0.39, 0.29) is 5.41 Å². The Morgan fingerprint density at radius 2 is 2.00 bits per heavy atom. The maximum atomic E-state index is 6.31. The van der Waals surface area contributed by atoms with Crippen molar-refractivity contribution in [1.82, 2.24) is 0 Å². The molecule has 0 bridgehead atoms. The smallest absolute Gasteiger partial charge is 0.0667 e. The minimum Gasteiger partial charge on any atom is -0.380 e. The zero-order valence-electron chi connectivity index (χ0n) is 12.6. The van der Waals surface area contributed by atoms with Crippen LogP contribution in [0.2, 0.25) is 10.0 Å². The summed E-state index contributed by atoms with van der Waals surface area (Å²) in [7, 11) is 0. The molecule has 112 valence electrons. The first-order valence-electron chi connectivity index (χ1n) is 7.26. The van der Waals surface area contributed by atoms with Crippen LogP contribution >= 0.6 is 23.2 Å². The molecule has 3 unspecified atom stereocenters. The van der Waals surface area contributed by atoms with Crippen LogP contribution in [-0.2, 0) is 4.74 Å². The summed E-state index contributed by atoms with van der Waals surface area (Å²) in [6.07, 6.45) is 2.42. The average Bonchev–Trinajstić information content (AvgIpc) is 2.42. The van der Waals surface area contributed by atoms with Gasteiger partial charge in [-0.1, -0.05) is 37.0 Å². The highest BCUT2D eigenvalue weighted by atomic mass is 35.5. The number of hydrogen-bond donors (Lipinski definition) is 1. The van der Waals surface area contributed by atoms with Gasteiger partial charge in [-0.25, -0.2) is 0 Å². The minimum absolute atomic E-state index is 0.150. The average molecular weight is 316 g/mol. The fourth-order valence-corrected chi connectivity index (χ4v) is 3.35. The van der Waals surface area contributed by atoms with Crippen molar-refractivity contribution in [2.24, 2.45) is 5.41 Å². The van der Waals surface area contributed by atoms with Crippen LogP contribution in [0.4, 0.5) is 5.69 Å². The van der Waals surface area contributed by atoms with E-state index >= 15 is 0 Å². The fourth-order valence-electron chi connectivity index (χ4n) is 2.92. The van der Waals surface area contributed by atoms with Crippen LogP contribution in [0.1, 0.15) is 39.2 Å². The minimum atomic E-state index is 0.150. The van der Waals surface area contributed by atoms with Gasteiger partial charge in [-0.2, -0.15) is 0 Å². The van der Waals surface area contributed by atoms with Crippen LogP contribution in [0.3, 0.4) is 0 Å². The Morgan fingerprint density at radius 1 is 1.30 bits per heavy atom. The Kier molecular flexibility index (Phi) is 4.88. The molecule has 4 heteroatoms. The summed E-state index contributed by atoms with van der Waals surface area (Å²) in [4.78, 5) is 0. The van der Waals surface area contributed by atoms with Crippen molar-refractivity contribution in [3.63, 3.8) is 0 Å². The van der Waals surface area contributed by atoms with Gasteiger partial charge in [0.2, 0.25) is 0 Å². The maximum absolute atomic E-state index is 6.31. The topological polar surface area (TPSA) is 21.3 Å². The number of nitrogens with one attached hydrogen (secondary N) is 1. The first-order valence-corrected chi connectivity index (χ1v) is 8.01. The second-order valence-corrected chi connectivity index (χ2v) is 6.63. The summed E-state index contributed by atoms with van der Waals surface area (Å²) in [5.41, 5.74) is 2.07. The summed E-state index contributed by atoms with van der Waals surface area (Å²) in [6, 6.07) is 4.21. The maximum Gasteiger partial charge on any atom is 0.0667 e. The Bertz CT molecular complexity index is 492. The first kappa shape index (κ1) is 15.9. The molecule has 0 amide bonds. The summed E-state index contributed by atoms with van der Waals surface area (Å²) >= 11 is 12.5. The quantitative estimate of drug-likeness (QED) is 0.795. The summed E-state index contributed by atoms with van der Waals surface area (Å²) in [6.45, 7) is 9.27. The van der Waals surface area contributed by atoms with E-state index in [4.69, 9.17) is 27.9 Å². The molecule has 2 rings (SSSR count). The standard InChI is InChI=1S/C16H23Cl2NO/c1-5-16(4)14(9-15(16)20-6-2)19-13-8-11(17)10(3)7-12(13)18/h7-8,14-15,19H,5-6,9H2,1-4H3. The number of benzene rings is 1. The van der Waals surface area contributed by atoms with Crippen molar-refractivity contribution in [3.05, 3.63) is 27.7 Å². The molecule has 2 nitrogen and oxygen atoms in total. The molecule has 1 aliphatic rings. The van der Waals surface area contributed by atoms with Crippen LogP contribution in [0.25, 0.3) is 0 Å². The van der Waals surface area contributed by atoms with Crippen LogP contribution in [-0.4, -0.2) is 18.8 Å². The molecule has 3 atom stereocenters. The molecule has 1 N–H and O–H groups in total. The van der Waals surface area contributed by atoms with E-state index in [0.717, 1.165) is 40.7 Å². The molecular formula is C16H23Cl2NO. The number of ether oxygens (including phenoxy) is 1. The molecule has 0 spiro atoms. The molecule has 20 heavy (non-hydrogen) atoms. The molecule has 1 saturated carbocycles. The molecule has 1 aromatic rings. The van der Waals surface area contributed by atoms with Gasteiger partial charge in [-0.3, -0.25) is 0 Å². The predicted molar refractivity (Wildman–Crippen MR) is 87.0 cm³/mol. The van der Waals surface area contributed by atoms with Gasteiger partial charge in [0.25, 0.3) is 0 Å². The zero-order chi connectivity index (χ0) is 14.9. The number of halogens is 2. The molecule has 0 aliphatic heterocycles. The van der Waals surface area contributed by atoms with E-state index < -0.39 is 0 Å². The molecular weight excluding hydrogens is 293 g/mol. The van der Waals surface area contributed by atoms with Crippen LogP contribution in [0.15, 0.2) is 12.1 Å². The highest BCUT2D eigenvalue weighted by Crippen LogP contribution is 2.48. The SMILES string of the molecule is CCOC1CC(Nc2cc(Cl)c(C)cc2Cl)C1(C)CC. The number of anilines is 1. The summed E-state index contributed by atoms with van der Waals surface area (Å²) < 4.78 is 5.83. The van der Waals surface area contributed by atoms with Crippen molar-refractivity contribution >= 4 is 28.9 Å². The van der Waals surface area contributed by atoms with Crippen LogP contribution in [0, 0.1) is 12.3 Å². The largest absolute Gasteiger partial charge is 0.380 e. The third-order valence-corrected chi connectivity index (χ3v) is 5.41. The van der Waals surface area contributed by atoms with E-state index in [1.54, 1.807) is 0 Å². The van der Waals surface area contributed by atoms with Gasteiger partial charge in [-0.15, -0.1) is 0 Å². The van der Waals surface area contributed by atoms with Gasteiger partial charge in [0, 0.05) is 23.1 Å². The van der Waals surface area contributed by atoms with E-state index in [1.165, 1.54) is 0 Å². The molecule has 1 aliphatic carbocycles. The number of hydrogen-bond acceptors (Lipinski definition) is 2. The molecule has 0 saturated heterocycles. The summed E-state index contributed by atoms with van der Waals surface area (Å²) in [5, 5.41) is 5.02. The van der Waals surface area contributed by atoms with Crippen molar-refractivity contribution in [1.29, 1.82) is 0 Å². The molecule has 1 aromatic carbocycles. The van der Waals surface area contributed by atoms with Gasteiger partial charge in [0.1, 0.15) is 0 Å². The highest BCUT2D eigenvalue weighted by Gasteiger charge is 2.51. The van der Waals surface area contributed by atoms with Gasteiger partial charge < -0.3 is 10.1 Å². The van der Waals surface area contributed by atoms with E-state index in [9.17, 15) is 0 Å². The lowest BCUT2D eigenvalue weighted by Gasteiger charge is -2.54. The Labute approximate surface area is 131 Å². The van der Waals surface area contributed by atoms with E-state index in [1.807, 2.05) is 26.0 Å². The third-order valence-electron chi connectivity index (χ3n) is 4.69. The fraction of sp³-hybridized carbons (Fsp3) is 0.625. The molecule has 0 radical (unpaired) electrons. The molecule has 1 fully saturated rings. The highest BCUT2D eigenvalue weighted by molar-refractivity contribution is 6.35. The molecule has 0 aromatic heterocycles. The van der Waals surface area contributed by atoms with Gasteiger partial charge in [0.15, 0.2) is 0 Å². The third kappa shape index (κ3) is 2.79. The second-order valence-electron chi connectivity index (χ2n) is 5.82. The number of aryl methyl sites for hydroxylation is 1. The van der Waals surface area contributed by atoms with Gasteiger partial charge in [-0.05, 0) is 44.4 Å². The van der Waals surface area contributed by atoms with Gasteiger partial charge >= 0.3 is 0 Å². The lowest BCUT2D eigenvalue weighted by atomic mass is 9.61. The Morgan fingerprint density at radius 3 is 2.60 bits per heavy atom. The van der Waals surface area contributed by atoms with Crippen molar-refractivity contribution in [2.45, 2.75) is 52.7 Å². The first-order chi connectivity index (χ1) is 9.42. The van der Waals surface area contributed by atoms with E-state index in [2.05, 4.69) is 19.2 Å². The Balaban J connectivity index is 2.13. The van der Waals surface area contributed by atoms with Crippen molar-refractivity contribution in [2.75, 3.05) is 11.9 Å². The predicted octanol–water partition coefficient (Wildman–Crippen LogP) is 5.31. The number of rotatable bonds is 5. The monoisotopic (exact) mass is 315 g/mol. The Hall–Kier alpha value is -0.440. The van der Waals surface area contributed by atoms with Crippen LogP contribution in [0.5, 0.6) is 0 Å². The van der Waals surface area contributed by atoms with E-state index in [0.29, 0.717) is 12.1 Å². The normalized spacial score (nSPS) is 29.1. The lowest BCUT2D eigenvalue weighted by Crippen LogP contribution is -2.59. The van der Waals surface area contributed by atoms with Crippen molar-refractivity contribution < 1.29 is 4.74 Å². The lowest BCUT2D eigenvalue weighted by molar-refractivity contribution is -0.109.